The van der Waals surface area contributed by atoms with Crippen molar-refractivity contribution < 1.29 is 9.53 Å². The summed E-state index contributed by atoms with van der Waals surface area (Å²) in [6.45, 7) is 0. The quantitative estimate of drug-likeness (QED) is 0.865. The first kappa shape index (κ1) is 13.4. The highest BCUT2D eigenvalue weighted by atomic mass is 35.5. The van der Waals surface area contributed by atoms with Gasteiger partial charge in [0.05, 0.1) is 12.7 Å². The topological polar surface area (TPSA) is 38.3 Å². The van der Waals surface area contributed by atoms with Gasteiger partial charge in [-0.1, -0.05) is 24.3 Å². The van der Waals surface area contributed by atoms with E-state index in [0.717, 1.165) is 11.3 Å². The maximum Gasteiger partial charge on any atom is 0.259 e. The second kappa shape index (κ2) is 6.25. The van der Waals surface area contributed by atoms with Crippen LogP contribution in [0.3, 0.4) is 0 Å². The Hall–Kier alpha value is -2.00. The van der Waals surface area contributed by atoms with Crippen LogP contribution >= 0.6 is 11.6 Å². The van der Waals surface area contributed by atoms with Crippen molar-refractivity contribution in [2.24, 2.45) is 0 Å². The fourth-order valence-electron chi connectivity index (χ4n) is 1.71. The third-order valence-electron chi connectivity index (χ3n) is 2.72. The summed E-state index contributed by atoms with van der Waals surface area (Å²) in [7, 11) is 1.54. The first-order valence-corrected chi connectivity index (χ1v) is 6.37. The standard InChI is InChI=1S/C15H14ClNO2/c1-19-14-5-3-2-4-13(14)15(18)17-12-8-6-11(10-16)7-9-12/h2-9H,10H2,1H3,(H,17,18). The number of carbonyl (C=O) groups is 1. The van der Waals surface area contributed by atoms with E-state index in [0.29, 0.717) is 17.2 Å². The van der Waals surface area contributed by atoms with Gasteiger partial charge in [0.2, 0.25) is 0 Å². The highest BCUT2D eigenvalue weighted by Gasteiger charge is 2.11. The molecule has 0 radical (unpaired) electrons. The van der Waals surface area contributed by atoms with E-state index in [9.17, 15) is 4.79 Å². The molecule has 2 rings (SSSR count). The molecule has 0 spiro atoms. The molecule has 98 valence electrons. The van der Waals surface area contributed by atoms with Crippen molar-refractivity contribution in [3.05, 3.63) is 59.7 Å². The molecule has 0 aromatic heterocycles. The maximum atomic E-state index is 12.1. The third-order valence-corrected chi connectivity index (χ3v) is 3.03. The molecule has 0 aliphatic heterocycles. The van der Waals surface area contributed by atoms with E-state index in [4.69, 9.17) is 16.3 Å². The Morgan fingerprint density at radius 2 is 1.84 bits per heavy atom. The number of nitrogens with one attached hydrogen (secondary N) is 1. The number of para-hydroxylation sites is 1. The molecule has 0 heterocycles. The van der Waals surface area contributed by atoms with Crippen LogP contribution in [0.4, 0.5) is 5.69 Å². The zero-order valence-corrected chi connectivity index (χ0v) is 11.3. The Balaban J connectivity index is 2.16. The average molecular weight is 276 g/mol. The normalized spacial score (nSPS) is 10.0. The molecule has 4 heteroatoms. The second-order valence-corrected chi connectivity index (χ2v) is 4.25. The first-order valence-electron chi connectivity index (χ1n) is 5.84. The van der Waals surface area contributed by atoms with Crippen LogP contribution in [0.15, 0.2) is 48.5 Å². The van der Waals surface area contributed by atoms with E-state index in [1.807, 2.05) is 30.3 Å². The van der Waals surface area contributed by atoms with E-state index >= 15 is 0 Å². The molecule has 2 aromatic rings. The lowest BCUT2D eigenvalue weighted by Crippen LogP contribution is -2.13. The average Bonchev–Trinajstić information content (AvgIpc) is 2.48. The number of anilines is 1. The minimum Gasteiger partial charge on any atom is -0.496 e. The molecular formula is C15H14ClNO2. The summed E-state index contributed by atoms with van der Waals surface area (Å²) in [6.07, 6.45) is 0. The van der Waals surface area contributed by atoms with E-state index < -0.39 is 0 Å². The van der Waals surface area contributed by atoms with E-state index in [1.165, 1.54) is 0 Å². The number of ether oxygens (including phenoxy) is 1. The summed E-state index contributed by atoms with van der Waals surface area (Å²) >= 11 is 5.72. The van der Waals surface area contributed by atoms with Crippen molar-refractivity contribution in [1.29, 1.82) is 0 Å². The van der Waals surface area contributed by atoms with Gasteiger partial charge in [-0.2, -0.15) is 0 Å². The van der Waals surface area contributed by atoms with E-state index in [1.54, 1.807) is 25.3 Å². The van der Waals surface area contributed by atoms with Gasteiger partial charge in [-0.15, -0.1) is 11.6 Å². The summed E-state index contributed by atoms with van der Waals surface area (Å²) in [5.74, 6) is 0.814. The minimum atomic E-state index is -0.198. The molecular weight excluding hydrogens is 262 g/mol. The molecule has 0 aliphatic rings. The number of rotatable bonds is 4. The van der Waals surface area contributed by atoms with Crippen molar-refractivity contribution in [2.75, 3.05) is 12.4 Å². The van der Waals surface area contributed by atoms with Crippen LogP contribution in [-0.4, -0.2) is 13.0 Å². The third kappa shape index (κ3) is 3.26. The van der Waals surface area contributed by atoms with Crippen LogP contribution in [0.2, 0.25) is 0 Å². The molecule has 3 nitrogen and oxygen atoms in total. The smallest absolute Gasteiger partial charge is 0.259 e. The van der Waals surface area contributed by atoms with Crippen LogP contribution in [0, 0.1) is 0 Å². The highest BCUT2D eigenvalue weighted by molar-refractivity contribution is 6.17. The summed E-state index contributed by atoms with van der Waals surface area (Å²) in [6, 6.07) is 14.5. The Morgan fingerprint density at radius 3 is 2.47 bits per heavy atom. The lowest BCUT2D eigenvalue weighted by Gasteiger charge is -2.09. The molecule has 0 unspecified atom stereocenters. The molecule has 0 bridgehead atoms. The van der Waals surface area contributed by atoms with Gasteiger partial charge in [0.25, 0.3) is 5.91 Å². The van der Waals surface area contributed by atoms with Crippen LogP contribution < -0.4 is 10.1 Å². The molecule has 0 aliphatic carbocycles. The van der Waals surface area contributed by atoms with Crippen molar-refractivity contribution in [3.63, 3.8) is 0 Å². The number of methoxy groups -OCH3 is 1. The highest BCUT2D eigenvalue weighted by Crippen LogP contribution is 2.19. The lowest BCUT2D eigenvalue weighted by molar-refractivity contribution is 0.102. The SMILES string of the molecule is COc1ccccc1C(=O)Nc1ccc(CCl)cc1. The summed E-state index contributed by atoms with van der Waals surface area (Å²) in [5, 5.41) is 2.82. The molecule has 0 saturated heterocycles. The summed E-state index contributed by atoms with van der Waals surface area (Å²) in [4.78, 5) is 12.1. The summed E-state index contributed by atoms with van der Waals surface area (Å²) < 4.78 is 5.16. The Morgan fingerprint density at radius 1 is 1.16 bits per heavy atom. The molecule has 19 heavy (non-hydrogen) atoms. The van der Waals surface area contributed by atoms with E-state index in [2.05, 4.69) is 5.32 Å². The monoisotopic (exact) mass is 275 g/mol. The summed E-state index contributed by atoms with van der Waals surface area (Å²) in [5.41, 5.74) is 2.24. The van der Waals surface area contributed by atoms with Crippen molar-refractivity contribution in [2.45, 2.75) is 5.88 Å². The maximum absolute atomic E-state index is 12.1. The molecule has 0 saturated carbocycles. The van der Waals surface area contributed by atoms with Gasteiger partial charge in [0.15, 0.2) is 0 Å². The molecule has 1 amide bonds. The van der Waals surface area contributed by atoms with Crippen LogP contribution in [0.5, 0.6) is 5.75 Å². The number of hydrogen-bond donors (Lipinski definition) is 1. The van der Waals surface area contributed by atoms with Crippen molar-refractivity contribution >= 4 is 23.2 Å². The van der Waals surface area contributed by atoms with Crippen LogP contribution in [0.1, 0.15) is 15.9 Å². The number of benzene rings is 2. The van der Waals surface area contributed by atoms with Crippen molar-refractivity contribution in [3.8, 4) is 5.75 Å². The van der Waals surface area contributed by atoms with Gasteiger partial charge in [-0.3, -0.25) is 4.79 Å². The number of halogens is 1. The molecule has 1 N–H and O–H groups in total. The lowest BCUT2D eigenvalue weighted by atomic mass is 10.1. The van der Waals surface area contributed by atoms with Gasteiger partial charge in [-0.05, 0) is 29.8 Å². The molecule has 2 aromatic carbocycles. The van der Waals surface area contributed by atoms with Crippen LogP contribution in [0.25, 0.3) is 0 Å². The molecule has 0 atom stereocenters. The number of amides is 1. The first-order chi connectivity index (χ1) is 9.24. The largest absolute Gasteiger partial charge is 0.496 e. The Kier molecular flexibility index (Phi) is 4.42. The minimum absolute atomic E-state index is 0.198. The van der Waals surface area contributed by atoms with E-state index in [-0.39, 0.29) is 5.91 Å². The molecule has 0 fully saturated rings. The zero-order chi connectivity index (χ0) is 13.7. The zero-order valence-electron chi connectivity index (χ0n) is 10.5. The fourth-order valence-corrected chi connectivity index (χ4v) is 1.89. The number of hydrogen-bond acceptors (Lipinski definition) is 2. The Labute approximate surface area is 117 Å². The Bertz CT molecular complexity index is 567. The van der Waals surface area contributed by atoms with Crippen LogP contribution in [-0.2, 0) is 5.88 Å². The van der Waals surface area contributed by atoms with Gasteiger partial charge < -0.3 is 10.1 Å². The van der Waals surface area contributed by atoms with Gasteiger partial charge >= 0.3 is 0 Å². The number of alkyl halides is 1. The van der Waals surface area contributed by atoms with Gasteiger partial charge in [0.1, 0.15) is 5.75 Å². The predicted molar refractivity (Wildman–Crippen MR) is 76.9 cm³/mol. The van der Waals surface area contributed by atoms with Gasteiger partial charge in [0, 0.05) is 11.6 Å². The fraction of sp³-hybridized carbons (Fsp3) is 0.133. The predicted octanol–water partition coefficient (Wildman–Crippen LogP) is 3.69. The second-order valence-electron chi connectivity index (χ2n) is 3.98. The van der Waals surface area contributed by atoms with Crippen molar-refractivity contribution in [1.82, 2.24) is 0 Å². The van der Waals surface area contributed by atoms with Gasteiger partial charge in [-0.25, -0.2) is 0 Å². The number of carbonyl (C=O) groups excluding carboxylic acids is 1.